The summed E-state index contributed by atoms with van der Waals surface area (Å²) in [5.41, 5.74) is 1.66. The van der Waals surface area contributed by atoms with Crippen LogP contribution in [0.1, 0.15) is 38.1 Å². The molecular weight excluding hydrogens is 252 g/mol. The summed E-state index contributed by atoms with van der Waals surface area (Å²) in [5.74, 6) is 0. The second-order valence-electron chi connectivity index (χ2n) is 5.50. The van der Waals surface area contributed by atoms with Crippen LogP contribution in [0.5, 0.6) is 0 Å². The number of nitrogens with one attached hydrogen (secondary N) is 1. The molecule has 5 heteroatoms. The van der Waals surface area contributed by atoms with Crippen LogP contribution >= 0.6 is 0 Å². The Kier molecular flexibility index (Phi) is 2.58. The van der Waals surface area contributed by atoms with Gasteiger partial charge in [0.15, 0.2) is 5.65 Å². The number of hydrogen-bond acceptors (Lipinski definition) is 3. The molecule has 1 aliphatic rings. The van der Waals surface area contributed by atoms with Crippen molar-refractivity contribution in [3.8, 4) is 0 Å². The minimum absolute atomic E-state index is 0.0295. The summed E-state index contributed by atoms with van der Waals surface area (Å²) in [5, 5.41) is 1.94. The van der Waals surface area contributed by atoms with Crippen LogP contribution in [0.2, 0.25) is 0 Å². The van der Waals surface area contributed by atoms with Gasteiger partial charge in [-0.3, -0.25) is 4.57 Å². The second kappa shape index (κ2) is 4.44. The van der Waals surface area contributed by atoms with E-state index in [0.29, 0.717) is 5.65 Å². The van der Waals surface area contributed by atoms with Gasteiger partial charge in [-0.1, -0.05) is 19.3 Å². The molecule has 5 nitrogen and oxygen atoms in total. The van der Waals surface area contributed by atoms with E-state index < -0.39 is 0 Å². The largest absolute Gasteiger partial charge is 0.326 e. The zero-order valence-corrected chi connectivity index (χ0v) is 11.2. The SMILES string of the molecule is O=c1[nH]cc2cnc3nccc3c2n1C1CCCCC1. The lowest BCUT2D eigenvalue weighted by Crippen LogP contribution is -2.28. The van der Waals surface area contributed by atoms with Crippen molar-refractivity contribution < 1.29 is 0 Å². The number of aromatic nitrogens is 4. The van der Waals surface area contributed by atoms with E-state index in [1.54, 1.807) is 18.6 Å². The topological polar surface area (TPSA) is 63.6 Å². The van der Waals surface area contributed by atoms with Crippen molar-refractivity contribution in [2.75, 3.05) is 0 Å². The molecule has 1 saturated carbocycles. The second-order valence-corrected chi connectivity index (χ2v) is 5.50. The molecule has 0 amide bonds. The maximum absolute atomic E-state index is 12.4. The minimum Gasteiger partial charge on any atom is -0.313 e. The van der Waals surface area contributed by atoms with E-state index in [2.05, 4.69) is 15.0 Å². The first-order chi connectivity index (χ1) is 9.84. The van der Waals surface area contributed by atoms with E-state index in [0.717, 1.165) is 29.1 Å². The average Bonchev–Trinajstić information content (AvgIpc) is 2.96. The molecule has 0 radical (unpaired) electrons. The van der Waals surface area contributed by atoms with Gasteiger partial charge in [-0.15, -0.1) is 0 Å². The molecule has 1 fully saturated rings. The third-order valence-electron chi connectivity index (χ3n) is 4.28. The van der Waals surface area contributed by atoms with Gasteiger partial charge in [-0.2, -0.15) is 0 Å². The Morgan fingerprint density at radius 2 is 2.05 bits per heavy atom. The standard InChI is InChI=1S/C15H16N4O/c20-15-18-9-10-8-17-14-12(6-7-16-14)13(10)19(15)11-4-2-1-3-5-11/h6-9,11H,1-5H2,(H,18,20). The molecule has 1 aliphatic carbocycles. The maximum atomic E-state index is 12.4. The van der Waals surface area contributed by atoms with Crippen LogP contribution < -0.4 is 5.69 Å². The lowest BCUT2D eigenvalue weighted by molar-refractivity contribution is 0.351. The molecule has 4 rings (SSSR count). The first-order valence-electron chi connectivity index (χ1n) is 7.18. The summed E-state index contributed by atoms with van der Waals surface area (Å²) in [6, 6.07) is 2.24. The summed E-state index contributed by atoms with van der Waals surface area (Å²) in [6.45, 7) is 0. The van der Waals surface area contributed by atoms with Gasteiger partial charge in [0.2, 0.25) is 0 Å². The van der Waals surface area contributed by atoms with Gasteiger partial charge in [-0.25, -0.2) is 14.8 Å². The van der Waals surface area contributed by atoms with E-state index in [-0.39, 0.29) is 11.7 Å². The van der Waals surface area contributed by atoms with Crippen molar-refractivity contribution in [3.05, 3.63) is 35.1 Å². The van der Waals surface area contributed by atoms with Crippen LogP contribution in [0.25, 0.3) is 21.9 Å². The quantitative estimate of drug-likeness (QED) is 0.738. The predicted octanol–water partition coefficient (Wildman–Crippen LogP) is 2.78. The highest BCUT2D eigenvalue weighted by atomic mass is 16.1. The highest BCUT2D eigenvalue weighted by Crippen LogP contribution is 2.31. The third kappa shape index (κ3) is 1.66. The summed E-state index contributed by atoms with van der Waals surface area (Å²) >= 11 is 0. The van der Waals surface area contributed by atoms with Gasteiger partial charge in [0.05, 0.1) is 5.52 Å². The molecule has 0 unspecified atom stereocenters. The summed E-state index contributed by atoms with van der Waals surface area (Å²) in [4.78, 5) is 23.8. The van der Waals surface area contributed by atoms with Crippen LogP contribution in [0, 0.1) is 0 Å². The van der Waals surface area contributed by atoms with Crippen molar-refractivity contribution in [2.24, 2.45) is 0 Å². The summed E-state index contributed by atoms with van der Waals surface area (Å²) in [7, 11) is 0. The Hall–Kier alpha value is -2.17. The van der Waals surface area contributed by atoms with Gasteiger partial charge in [0, 0.05) is 35.4 Å². The number of rotatable bonds is 1. The van der Waals surface area contributed by atoms with Crippen LogP contribution in [0.3, 0.4) is 0 Å². The average molecular weight is 268 g/mol. The number of hydrogen-bond donors (Lipinski definition) is 1. The maximum Gasteiger partial charge on any atom is 0.326 e. The van der Waals surface area contributed by atoms with Gasteiger partial charge >= 0.3 is 5.69 Å². The van der Waals surface area contributed by atoms with E-state index >= 15 is 0 Å². The Labute approximate surface area is 115 Å². The molecule has 0 bridgehead atoms. The molecule has 0 atom stereocenters. The number of aromatic amines is 1. The molecule has 0 aliphatic heterocycles. The van der Waals surface area contributed by atoms with E-state index in [1.165, 1.54) is 19.3 Å². The smallest absolute Gasteiger partial charge is 0.313 e. The highest BCUT2D eigenvalue weighted by molar-refractivity contribution is 6.01. The molecule has 3 heterocycles. The third-order valence-corrected chi connectivity index (χ3v) is 4.28. The molecular formula is C15H16N4O. The highest BCUT2D eigenvalue weighted by Gasteiger charge is 2.20. The zero-order chi connectivity index (χ0) is 13.5. The molecule has 0 aromatic carbocycles. The fourth-order valence-electron chi connectivity index (χ4n) is 3.33. The molecule has 0 spiro atoms. The number of pyridine rings is 1. The molecule has 20 heavy (non-hydrogen) atoms. The van der Waals surface area contributed by atoms with Gasteiger partial charge in [0.25, 0.3) is 0 Å². The first kappa shape index (κ1) is 11.6. The predicted molar refractivity (Wildman–Crippen MR) is 77.8 cm³/mol. The Bertz CT molecular complexity index is 827. The molecule has 0 saturated heterocycles. The van der Waals surface area contributed by atoms with Crippen LogP contribution in [-0.2, 0) is 0 Å². The normalized spacial score (nSPS) is 17.0. The molecule has 3 aromatic rings. The van der Waals surface area contributed by atoms with Gasteiger partial charge < -0.3 is 4.98 Å². The monoisotopic (exact) mass is 268 g/mol. The Morgan fingerprint density at radius 3 is 2.90 bits per heavy atom. The molecule has 102 valence electrons. The van der Waals surface area contributed by atoms with Crippen molar-refractivity contribution in [1.29, 1.82) is 0 Å². The fraction of sp³-hybridized carbons (Fsp3) is 0.400. The van der Waals surface area contributed by atoms with Crippen molar-refractivity contribution >= 4 is 21.9 Å². The van der Waals surface area contributed by atoms with Crippen LogP contribution in [-0.4, -0.2) is 19.5 Å². The first-order valence-corrected chi connectivity index (χ1v) is 7.18. The number of nitrogens with zero attached hydrogens (tertiary/aromatic N) is 3. The Balaban J connectivity index is 2.08. The van der Waals surface area contributed by atoms with Gasteiger partial charge in [-0.05, 0) is 18.9 Å². The minimum atomic E-state index is -0.0295. The Morgan fingerprint density at radius 1 is 1.20 bits per heavy atom. The molecule has 3 aromatic heterocycles. The van der Waals surface area contributed by atoms with Crippen molar-refractivity contribution in [2.45, 2.75) is 38.1 Å². The summed E-state index contributed by atoms with van der Waals surface area (Å²) < 4.78 is 1.93. The van der Waals surface area contributed by atoms with E-state index in [9.17, 15) is 4.79 Å². The number of H-pyrrole nitrogens is 1. The van der Waals surface area contributed by atoms with E-state index in [1.807, 2.05) is 10.6 Å². The van der Waals surface area contributed by atoms with Gasteiger partial charge in [0.1, 0.15) is 0 Å². The van der Waals surface area contributed by atoms with Crippen molar-refractivity contribution in [3.63, 3.8) is 0 Å². The molecule has 1 N–H and O–H groups in total. The van der Waals surface area contributed by atoms with Crippen LogP contribution in [0.4, 0.5) is 0 Å². The number of fused-ring (bicyclic) bond motifs is 3. The van der Waals surface area contributed by atoms with Crippen LogP contribution in [0.15, 0.2) is 29.5 Å². The lowest BCUT2D eigenvalue weighted by Gasteiger charge is -2.25. The lowest BCUT2D eigenvalue weighted by atomic mass is 9.95. The van der Waals surface area contributed by atoms with Crippen molar-refractivity contribution in [1.82, 2.24) is 19.5 Å². The zero-order valence-electron chi connectivity index (χ0n) is 11.2. The summed E-state index contributed by atoms with van der Waals surface area (Å²) in [6.07, 6.45) is 11.1. The fourth-order valence-corrected chi connectivity index (χ4v) is 3.33. The van der Waals surface area contributed by atoms with E-state index in [4.69, 9.17) is 0 Å².